The van der Waals surface area contributed by atoms with E-state index in [9.17, 15) is 0 Å². The second kappa shape index (κ2) is 4.70. The average Bonchev–Trinajstić information content (AvgIpc) is 2.71. The lowest BCUT2D eigenvalue weighted by atomic mass is 10.2. The highest BCUT2D eigenvalue weighted by Crippen LogP contribution is 2.29. The molecule has 18 heavy (non-hydrogen) atoms. The monoisotopic (exact) mass is 263 g/mol. The molecule has 0 spiro atoms. The Morgan fingerprint density at radius 3 is 2.83 bits per heavy atom. The van der Waals surface area contributed by atoms with E-state index in [2.05, 4.69) is 33.4 Å². The zero-order chi connectivity index (χ0) is 12.5. The molecule has 0 bridgehead atoms. The number of hydrogen-bond acceptors (Lipinski definition) is 6. The van der Waals surface area contributed by atoms with E-state index >= 15 is 0 Å². The molecule has 0 unspecified atom stereocenters. The van der Waals surface area contributed by atoms with Crippen LogP contribution in [-0.4, -0.2) is 28.1 Å². The molecule has 1 saturated heterocycles. The summed E-state index contributed by atoms with van der Waals surface area (Å²) in [6.07, 6.45) is 3.79. The molecule has 96 valence electrons. The Kier molecular flexibility index (Phi) is 3.05. The summed E-state index contributed by atoms with van der Waals surface area (Å²) < 4.78 is 0. The highest BCUT2D eigenvalue weighted by atomic mass is 32.1. The second-order valence-corrected chi connectivity index (χ2v) is 5.90. The third kappa shape index (κ3) is 2.26. The molecule has 0 saturated carbocycles. The van der Waals surface area contributed by atoms with E-state index in [1.165, 1.54) is 24.1 Å². The molecule has 2 aromatic rings. The smallest absolute Gasteiger partial charge is 0.223 e. The molecule has 6 heteroatoms. The van der Waals surface area contributed by atoms with Gasteiger partial charge in [0.2, 0.25) is 5.95 Å². The fourth-order valence-corrected chi connectivity index (χ4v) is 3.19. The summed E-state index contributed by atoms with van der Waals surface area (Å²) in [7, 11) is 0. The largest absolute Gasteiger partial charge is 0.368 e. The Morgan fingerprint density at radius 2 is 2.06 bits per heavy atom. The Morgan fingerprint density at radius 1 is 1.28 bits per heavy atom. The fourth-order valence-electron chi connectivity index (χ4n) is 2.30. The normalized spacial score (nSPS) is 17.2. The lowest BCUT2D eigenvalue weighted by molar-refractivity contribution is 0.272. The molecule has 1 aliphatic heterocycles. The highest BCUT2D eigenvalue weighted by Gasteiger charge is 2.14. The van der Waals surface area contributed by atoms with E-state index in [1.54, 1.807) is 11.3 Å². The van der Waals surface area contributed by atoms with Crippen molar-refractivity contribution < 1.29 is 0 Å². The summed E-state index contributed by atoms with van der Waals surface area (Å²) in [5.74, 6) is 1.17. The quantitative estimate of drug-likeness (QED) is 0.871. The van der Waals surface area contributed by atoms with Gasteiger partial charge in [0.25, 0.3) is 0 Å². The molecule has 2 aromatic heterocycles. The van der Waals surface area contributed by atoms with Crippen molar-refractivity contribution in [1.82, 2.24) is 15.0 Å². The molecule has 0 atom stereocenters. The molecule has 3 heterocycles. The molecule has 5 nitrogen and oxygen atoms in total. The topological polar surface area (TPSA) is 67.1 Å². The molecule has 1 fully saturated rings. The number of rotatable bonds is 2. The number of hydrogen-bond donors (Lipinski definition) is 2. The van der Waals surface area contributed by atoms with Crippen LogP contribution in [0.15, 0.2) is 6.07 Å². The van der Waals surface area contributed by atoms with Crippen LogP contribution in [0.5, 0.6) is 0 Å². The maximum absolute atomic E-state index is 5.76. The number of nitrogens with one attached hydrogen (secondary N) is 1. The number of aromatic nitrogens is 2. The number of fused-ring (bicyclic) bond motifs is 1. The van der Waals surface area contributed by atoms with Gasteiger partial charge in [-0.3, -0.25) is 0 Å². The summed E-state index contributed by atoms with van der Waals surface area (Å²) in [4.78, 5) is 10.8. The van der Waals surface area contributed by atoms with Crippen LogP contribution in [0.1, 0.15) is 24.1 Å². The van der Waals surface area contributed by atoms with Crippen LogP contribution in [0.2, 0.25) is 0 Å². The van der Waals surface area contributed by atoms with Crippen LogP contribution in [0.3, 0.4) is 0 Å². The van der Waals surface area contributed by atoms with E-state index in [1.807, 2.05) is 0 Å². The summed E-state index contributed by atoms with van der Waals surface area (Å²) >= 11 is 1.65. The summed E-state index contributed by atoms with van der Waals surface area (Å²) in [5, 5.41) is 3.29. The van der Waals surface area contributed by atoms with Crippen LogP contribution < -0.4 is 11.2 Å². The number of nitrogen functional groups attached to an aromatic ring is 1. The second-order valence-electron chi connectivity index (χ2n) is 4.67. The highest BCUT2D eigenvalue weighted by molar-refractivity contribution is 7.18. The number of aryl methyl sites for hydroxylation is 1. The van der Waals surface area contributed by atoms with E-state index in [4.69, 9.17) is 5.73 Å². The van der Waals surface area contributed by atoms with Crippen molar-refractivity contribution in [2.75, 3.05) is 24.2 Å². The first-order valence-corrected chi connectivity index (χ1v) is 7.09. The fraction of sp³-hybridized carbons (Fsp3) is 0.500. The average molecular weight is 263 g/mol. The molecule has 0 radical (unpaired) electrons. The van der Waals surface area contributed by atoms with E-state index in [-0.39, 0.29) is 0 Å². The third-order valence-electron chi connectivity index (χ3n) is 3.15. The number of nitrogens with zero attached hydrogens (tertiary/aromatic N) is 3. The van der Waals surface area contributed by atoms with Crippen molar-refractivity contribution >= 4 is 33.3 Å². The Labute approximate surface area is 110 Å². The van der Waals surface area contributed by atoms with E-state index in [0.717, 1.165) is 29.1 Å². The molecule has 3 N–H and O–H groups in total. The Bertz CT molecular complexity index is 559. The number of thiophene rings is 1. The van der Waals surface area contributed by atoms with Crippen LogP contribution >= 0.6 is 11.3 Å². The van der Waals surface area contributed by atoms with E-state index < -0.39 is 0 Å². The van der Waals surface area contributed by atoms with Gasteiger partial charge in [-0.2, -0.15) is 4.98 Å². The minimum atomic E-state index is 0.337. The maximum Gasteiger partial charge on any atom is 0.223 e. The predicted molar refractivity (Wildman–Crippen MR) is 75.6 cm³/mol. The minimum Gasteiger partial charge on any atom is -0.368 e. The molecule has 3 rings (SSSR count). The molecular weight excluding hydrogens is 246 g/mol. The number of piperidine rings is 1. The van der Waals surface area contributed by atoms with Crippen LogP contribution in [-0.2, 0) is 0 Å². The summed E-state index contributed by atoms with van der Waals surface area (Å²) in [5.41, 5.74) is 9.15. The van der Waals surface area contributed by atoms with Crippen molar-refractivity contribution in [2.24, 2.45) is 0 Å². The first-order chi connectivity index (χ1) is 8.72. The van der Waals surface area contributed by atoms with Gasteiger partial charge in [-0.05, 0) is 25.8 Å². The molecule has 0 amide bonds. The summed E-state index contributed by atoms with van der Waals surface area (Å²) in [6, 6.07) is 2.12. The van der Waals surface area contributed by atoms with Crippen molar-refractivity contribution in [3.63, 3.8) is 0 Å². The Hall–Kier alpha value is -1.40. The van der Waals surface area contributed by atoms with Crippen LogP contribution in [0, 0.1) is 6.92 Å². The van der Waals surface area contributed by atoms with E-state index in [0.29, 0.717) is 5.95 Å². The van der Waals surface area contributed by atoms with Gasteiger partial charge in [0.15, 0.2) is 5.82 Å². The van der Waals surface area contributed by atoms with Gasteiger partial charge in [-0.1, -0.05) is 6.42 Å². The van der Waals surface area contributed by atoms with Gasteiger partial charge < -0.3 is 11.2 Å². The SMILES string of the molecule is Cc1cc2c(NN3CCCCC3)nc(N)nc2s1. The van der Waals surface area contributed by atoms with Gasteiger partial charge in [0.1, 0.15) is 4.83 Å². The van der Waals surface area contributed by atoms with Crippen LogP contribution in [0.25, 0.3) is 10.2 Å². The first kappa shape index (κ1) is 11.7. The standard InChI is InChI=1S/C12H17N5S/c1-8-7-9-10(14-12(13)15-11(9)18-8)16-17-5-3-2-4-6-17/h7H,2-6H2,1H3,(H3,13,14,15,16). The van der Waals surface area contributed by atoms with Crippen molar-refractivity contribution in [3.8, 4) is 0 Å². The zero-order valence-electron chi connectivity index (χ0n) is 10.4. The van der Waals surface area contributed by atoms with Crippen molar-refractivity contribution in [3.05, 3.63) is 10.9 Å². The third-order valence-corrected chi connectivity index (χ3v) is 4.10. The summed E-state index contributed by atoms with van der Waals surface area (Å²) in [6.45, 7) is 4.20. The van der Waals surface area contributed by atoms with Gasteiger partial charge >= 0.3 is 0 Å². The molecule has 0 aliphatic carbocycles. The number of hydrazine groups is 1. The number of nitrogens with two attached hydrogens (primary N) is 1. The molecular formula is C12H17N5S. The predicted octanol–water partition coefficient (Wildman–Crippen LogP) is 2.39. The first-order valence-electron chi connectivity index (χ1n) is 6.27. The van der Waals surface area contributed by atoms with Gasteiger partial charge in [0.05, 0.1) is 5.39 Å². The van der Waals surface area contributed by atoms with Crippen molar-refractivity contribution in [2.45, 2.75) is 26.2 Å². The zero-order valence-corrected chi connectivity index (χ0v) is 11.3. The maximum atomic E-state index is 5.76. The molecule has 1 aliphatic rings. The van der Waals surface area contributed by atoms with Gasteiger partial charge in [-0.25, -0.2) is 9.99 Å². The molecule has 0 aromatic carbocycles. The van der Waals surface area contributed by atoms with Crippen molar-refractivity contribution in [1.29, 1.82) is 0 Å². The minimum absolute atomic E-state index is 0.337. The van der Waals surface area contributed by atoms with Gasteiger partial charge in [-0.15, -0.1) is 11.3 Å². The van der Waals surface area contributed by atoms with Crippen LogP contribution in [0.4, 0.5) is 11.8 Å². The lowest BCUT2D eigenvalue weighted by Gasteiger charge is -2.27. The van der Waals surface area contributed by atoms with Gasteiger partial charge in [0, 0.05) is 18.0 Å². The Balaban J connectivity index is 1.94. The lowest BCUT2D eigenvalue weighted by Crippen LogP contribution is -2.35. The number of anilines is 2.